The molecule has 0 radical (unpaired) electrons. The molecule has 2 heterocycles. The molecule has 9 heteroatoms. The number of sulfonamides is 1. The standard InChI is InChI=1S/C18H18N4O4S/c1-2-26-18-16(9-6-11-19-18)27(24,25)21-17(23)15-10-12-22(20-15)13-14-7-4-3-5-8-14/h3-12H,2,13H2,1H3,(H,21,23). The fraction of sp³-hybridized carbons (Fsp3) is 0.167. The number of nitrogens with zero attached hydrogens (tertiary/aromatic N) is 3. The van der Waals surface area contributed by atoms with Gasteiger partial charge in [0.05, 0.1) is 13.2 Å². The van der Waals surface area contributed by atoms with Gasteiger partial charge in [-0.05, 0) is 30.7 Å². The predicted molar refractivity (Wildman–Crippen MR) is 97.8 cm³/mol. The summed E-state index contributed by atoms with van der Waals surface area (Å²) in [6.07, 6.45) is 3.03. The van der Waals surface area contributed by atoms with Gasteiger partial charge in [-0.2, -0.15) is 5.10 Å². The summed E-state index contributed by atoms with van der Waals surface area (Å²) < 4.78 is 33.8. The molecule has 1 amide bonds. The van der Waals surface area contributed by atoms with Crippen LogP contribution in [0.3, 0.4) is 0 Å². The molecule has 140 valence electrons. The summed E-state index contributed by atoms with van der Waals surface area (Å²) in [6.45, 7) is 2.43. The van der Waals surface area contributed by atoms with E-state index in [-0.39, 0.29) is 23.1 Å². The van der Waals surface area contributed by atoms with Crippen LogP contribution in [-0.4, -0.2) is 35.7 Å². The van der Waals surface area contributed by atoms with E-state index in [0.717, 1.165) is 5.56 Å². The lowest BCUT2D eigenvalue weighted by atomic mass is 10.2. The molecule has 0 bridgehead atoms. The van der Waals surface area contributed by atoms with E-state index in [9.17, 15) is 13.2 Å². The van der Waals surface area contributed by atoms with Crippen LogP contribution in [0.5, 0.6) is 5.88 Å². The van der Waals surface area contributed by atoms with Crippen LogP contribution in [0.4, 0.5) is 0 Å². The number of pyridine rings is 1. The molecule has 1 aromatic carbocycles. The van der Waals surface area contributed by atoms with Gasteiger partial charge in [0.25, 0.3) is 15.9 Å². The number of hydrogen-bond acceptors (Lipinski definition) is 6. The molecule has 0 atom stereocenters. The highest BCUT2D eigenvalue weighted by Crippen LogP contribution is 2.20. The number of amides is 1. The van der Waals surface area contributed by atoms with Crippen molar-refractivity contribution in [1.29, 1.82) is 0 Å². The van der Waals surface area contributed by atoms with Crippen molar-refractivity contribution in [2.24, 2.45) is 0 Å². The van der Waals surface area contributed by atoms with Gasteiger partial charge in [-0.3, -0.25) is 9.48 Å². The lowest BCUT2D eigenvalue weighted by Gasteiger charge is -2.09. The Bertz CT molecular complexity index is 1030. The molecular weight excluding hydrogens is 368 g/mol. The van der Waals surface area contributed by atoms with Crippen LogP contribution in [0.2, 0.25) is 0 Å². The zero-order chi connectivity index (χ0) is 19.3. The molecule has 0 fully saturated rings. The largest absolute Gasteiger partial charge is 0.477 e. The number of benzene rings is 1. The topological polar surface area (TPSA) is 103 Å². The first-order valence-electron chi connectivity index (χ1n) is 8.22. The summed E-state index contributed by atoms with van der Waals surface area (Å²) in [5.41, 5.74) is 1.01. The highest BCUT2D eigenvalue weighted by atomic mass is 32.2. The molecular formula is C18H18N4O4S. The molecule has 0 aliphatic rings. The number of ether oxygens (including phenoxy) is 1. The number of hydrogen-bond donors (Lipinski definition) is 1. The van der Waals surface area contributed by atoms with Crippen molar-refractivity contribution < 1.29 is 17.9 Å². The van der Waals surface area contributed by atoms with Gasteiger partial charge < -0.3 is 4.74 Å². The van der Waals surface area contributed by atoms with Gasteiger partial charge in [0, 0.05) is 12.4 Å². The molecule has 2 aromatic heterocycles. The predicted octanol–water partition coefficient (Wildman–Crippen LogP) is 1.84. The summed E-state index contributed by atoms with van der Waals surface area (Å²) in [5.74, 6) is -0.886. The third-order valence-corrected chi connectivity index (χ3v) is 4.94. The van der Waals surface area contributed by atoms with Crippen molar-refractivity contribution in [3.8, 4) is 5.88 Å². The Morgan fingerprint density at radius 1 is 1.15 bits per heavy atom. The van der Waals surface area contributed by atoms with Gasteiger partial charge in [-0.25, -0.2) is 18.1 Å². The third-order valence-electron chi connectivity index (χ3n) is 3.59. The summed E-state index contributed by atoms with van der Waals surface area (Å²) in [7, 11) is -4.15. The second-order valence-corrected chi connectivity index (χ2v) is 7.21. The lowest BCUT2D eigenvalue weighted by molar-refractivity contribution is 0.0975. The molecule has 3 rings (SSSR count). The highest BCUT2D eigenvalue weighted by Gasteiger charge is 2.24. The van der Waals surface area contributed by atoms with Gasteiger partial charge in [0.15, 0.2) is 5.69 Å². The Morgan fingerprint density at radius 2 is 1.93 bits per heavy atom. The average molecular weight is 386 g/mol. The molecule has 0 spiro atoms. The van der Waals surface area contributed by atoms with Crippen LogP contribution in [0.25, 0.3) is 0 Å². The molecule has 0 aliphatic carbocycles. The first kappa shape index (κ1) is 18.6. The molecule has 27 heavy (non-hydrogen) atoms. The minimum absolute atomic E-state index is 0.00337. The Morgan fingerprint density at radius 3 is 2.67 bits per heavy atom. The summed E-state index contributed by atoms with van der Waals surface area (Å²) in [4.78, 5) is 16.0. The molecule has 0 aliphatic heterocycles. The number of rotatable bonds is 7. The van der Waals surface area contributed by atoms with Crippen molar-refractivity contribution in [1.82, 2.24) is 19.5 Å². The number of nitrogens with one attached hydrogen (secondary N) is 1. The van der Waals surface area contributed by atoms with Gasteiger partial charge in [0.2, 0.25) is 5.88 Å². The zero-order valence-electron chi connectivity index (χ0n) is 14.6. The maximum atomic E-state index is 12.5. The summed E-state index contributed by atoms with van der Waals surface area (Å²) >= 11 is 0. The molecule has 0 saturated heterocycles. The van der Waals surface area contributed by atoms with Crippen LogP contribution in [-0.2, 0) is 16.6 Å². The average Bonchev–Trinajstić information content (AvgIpc) is 3.11. The molecule has 8 nitrogen and oxygen atoms in total. The molecule has 0 saturated carbocycles. The number of carbonyl (C=O) groups is 1. The minimum atomic E-state index is -4.15. The number of carbonyl (C=O) groups excluding carboxylic acids is 1. The Kier molecular flexibility index (Phi) is 5.51. The van der Waals surface area contributed by atoms with Crippen LogP contribution in [0, 0.1) is 0 Å². The van der Waals surface area contributed by atoms with Crippen molar-refractivity contribution in [3.05, 3.63) is 72.2 Å². The lowest BCUT2D eigenvalue weighted by Crippen LogP contribution is -2.31. The van der Waals surface area contributed by atoms with Crippen LogP contribution in [0.15, 0.2) is 65.8 Å². The summed E-state index contributed by atoms with van der Waals surface area (Å²) in [6, 6.07) is 13.8. The van der Waals surface area contributed by atoms with Crippen molar-refractivity contribution >= 4 is 15.9 Å². The van der Waals surface area contributed by atoms with Crippen LogP contribution >= 0.6 is 0 Å². The van der Waals surface area contributed by atoms with Crippen LogP contribution in [0.1, 0.15) is 23.0 Å². The van der Waals surface area contributed by atoms with Gasteiger partial charge in [0.1, 0.15) is 4.90 Å². The van der Waals surface area contributed by atoms with E-state index >= 15 is 0 Å². The smallest absolute Gasteiger partial charge is 0.285 e. The second-order valence-electron chi connectivity index (χ2n) is 5.56. The Balaban J connectivity index is 1.75. The van der Waals surface area contributed by atoms with E-state index in [1.807, 2.05) is 35.1 Å². The maximum Gasteiger partial charge on any atom is 0.285 e. The van der Waals surface area contributed by atoms with Gasteiger partial charge in [-0.1, -0.05) is 30.3 Å². The van der Waals surface area contributed by atoms with Crippen molar-refractivity contribution in [3.63, 3.8) is 0 Å². The fourth-order valence-corrected chi connectivity index (χ4v) is 3.45. The molecule has 3 aromatic rings. The maximum absolute atomic E-state index is 12.5. The van der Waals surface area contributed by atoms with Gasteiger partial charge >= 0.3 is 0 Å². The van der Waals surface area contributed by atoms with E-state index in [1.54, 1.807) is 17.8 Å². The van der Waals surface area contributed by atoms with E-state index in [2.05, 4.69) is 10.1 Å². The van der Waals surface area contributed by atoms with E-state index in [0.29, 0.717) is 6.54 Å². The third kappa shape index (κ3) is 4.50. The quantitative estimate of drug-likeness (QED) is 0.665. The highest BCUT2D eigenvalue weighted by molar-refractivity contribution is 7.90. The minimum Gasteiger partial charge on any atom is -0.477 e. The van der Waals surface area contributed by atoms with E-state index in [1.165, 1.54) is 24.4 Å². The zero-order valence-corrected chi connectivity index (χ0v) is 15.4. The Labute approximate surface area is 156 Å². The normalized spacial score (nSPS) is 11.1. The van der Waals surface area contributed by atoms with Crippen molar-refractivity contribution in [2.45, 2.75) is 18.4 Å². The fourth-order valence-electron chi connectivity index (χ4n) is 2.40. The van der Waals surface area contributed by atoms with E-state index in [4.69, 9.17) is 4.74 Å². The SMILES string of the molecule is CCOc1ncccc1S(=O)(=O)NC(=O)c1ccn(Cc2ccccc2)n1. The Hall–Kier alpha value is -3.20. The first-order chi connectivity index (χ1) is 13.0. The monoisotopic (exact) mass is 386 g/mol. The number of aromatic nitrogens is 3. The van der Waals surface area contributed by atoms with Crippen molar-refractivity contribution in [2.75, 3.05) is 6.61 Å². The summed E-state index contributed by atoms with van der Waals surface area (Å²) in [5, 5.41) is 4.14. The molecule has 1 N–H and O–H groups in total. The molecule has 0 unspecified atom stereocenters. The first-order valence-corrected chi connectivity index (χ1v) is 9.70. The second kappa shape index (κ2) is 8.00. The van der Waals surface area contributed by atoms with Crippen LogP contribution < -0.4 is 9.46 Å². The van der Waals surface area contributed by atoms with Gasteiger partial charge in [-0.15, -0.1) is 0 Å². The van der Waals surface area contributed by atoms with E-state index < -0.39 is 15.9 Å².